The smallest absolute Gasteiger partial charge is 0.308 e. The highest BCUT2D eigenvalue weighted by Gasteiger charge is 2.37. The minimum atomic E-state index is -0.838. The van der Waals surface area contributed by atoms with Gasteiger partial charge in [-0.2, -0.15) is 0 Å². The van der Waals surface area contributed by atoms with Crippen LogP contribution < -0.4 is 0 Å². The van der Waals surface area contributed by atoms with Crippen molar-refractivity contribution in [3.05, 3.63) is 0 Å². The van der Waals surface area contributed by atoms with Crippen molar-refractivity contribution in [3.8, 4) is 0 Å². The molecule has 6 heteroatoms. The molecule has 19 heavy (non-hydrogen) atoms. The number of hydrogen-bond acceptors (Lipinski definition) is 3. The van der Waals surface area contributed by atoms with Gasteiger partial charge < -0.3 is 14.9 Å². The lowest BCUT2D eigenvalue weighted by atomic mass is 9.96. The van der Waals surface area contributed by atoms with Gasteiger partial charge in [0, 0.05) is 32.6 Å². The summed E-state index contributed by atoms with van der Waals surface area (Å²) in [6.45, 7) is 3.89. The van der Waals surface area contributed by atoms with E-state index in [-0.39, 0.29) is 30.7 Å². The zero-order chi connectivity index (χ0) is 14.0. The number of amides is 2. The van der Waals surface area contributed by atoms with Crippen molar-refractivity contribution in [2.75, 3.05) is 26.2 Å². The molecule has 2 aliphatic heterocycles. The van der Waals surface area contributed by atoms with E-state index < -0.39 is 11.9 Å². The fourth-order valence-corrected chi connectivity index (χ4v) is 2.88. The van der Waals surface area contributed by atoms with Gasteiger partial charge in [0.2, 0.25) is 11.8 Å². The highest BCUT2D eigenvalue weighted by atomic mass is 16.4. The number of carboxylic acid groups (broad SMARTS) is 1. The van der Waals surface area contributed by atoms with E-state index in [1.54, 1.807) is 9.80 Å². The van der Waals surface area contributed by atoms with Crippen LogP contribution in [0.4, 0.5) is 0 Å². The second-order valence-corrected chi connectivity index (χ2v) is 5.30. The first-order chi connectivity index (χ1) is 9.02. The molecule has 0 aromatic carbocycles. The molecule has 0 saturated carbocycles. The van der Waals surface area contributed by atoms with E-state index in [4.69, 9.17) is 5.11 Å². The van der Waals surface area contributed by atoms with E-state index in [2.05, 4.69) is 0 Å². The molecule has 0 spiro atoms. The van der Waals surface area contributed by atoms with E-state index in [1.165, 1.54) is 0 Å². The summed E-state index contributed by atoms with van der Waals surface area (Å²) in [6, 6.07) is 0. The van der Waals surface area contributed by atoms with E-state index >= 15 is 0 Å². The first kappa shape index (κ1) is 13.8. The summed E-state index contributed by atoms with van der Waals surface area (Å²) in [5, 5.41) is 9.03. The lowest BCUT2D eigenvalue weighted by molar-refractivity contribution is -0.146. The van der Waals surface area contributed by atoms with E-state index in [0.717, 1.165) is 6.42 Å². The fourth-order valence-electron chi connectivity index (χ4n) is 2.88. The van der Waals surface area contributed by atoms with Crippen molar-refractivity contribution >= 4 is 17.8 Å². The normalized spacial score (nSPS) is 27.7. The Hall–Kier alpha value is -1.59. The summed E-state index contributed by atoms with van der Waals surface area (Å²) >= 11 is 0. The van der Waals surface area contributed by atoms with Crippen LogP contribution in [0.3, 0.4) is 0 Å². The Bertz CT molecular complexity index is 396. The maximum absolute atomic E-state index is 12.3. The zero-order valence-electron chi connectivity index (χ0n) is 11.2. The quantitative estimate of drug-likeness (QED) is 0.792. The van der Waals surface area contributed by atoms with Crippen molar-refractivity contribution in [1.29, 1.82) is 0 Å². The van der Waals surface area contributed by atoms with Crippen molar-refractivity contribution < 1.29 is 19.5 Å². The Morgan fingerprint density at radius 3 is 2.63 bits per heavy atom. The molecule has 2 rings (SSSR count). The highest BCUT2D eigenvalue weighted by Crippen LogP contribution is 2.23. The van der Waals surface area contributed by atoms with Gasteiger partial charge in [0.05, 0.1) is 11.8 Å². The summed E-state index contributed by atoms with van der Waals surface area (Å²) in [6.07, 6.45) is 1.62. The lowest BCUT2D eigenvalue weighted by Gasteiger charge is -2.32. The molecule has 2 unspecified atom stereocenters. The van der Waals surface area contributed by atoms with Gasteiger partial charge in [-0.25, -0.2) is 0 Å². The molecule has 6 nitrogen and oxygen atoms in total. The Morgan fingerprint density at radius 2 is 2.05 bits per heavy atom. The molecule has 2 heterocycles. The molecular weight excluding hydrogens is 248 g/mol. The van der Waals surface area contributed by atoms with Crippen LogP contribution in [0.5, 0.6) is 0 Å². The molecule has 2 fully saturated rings. The van der Waals surface area contributed by atoms with Gasteiger partial charge in [-0.15, -0.1) is 0 Å². The van der Waals surface area contributed by atoms with Crippen LogP contribution in [0, 0.1) is 11.8 Å². The minimum absolute atomic E-state index is 0.0210. The SMILES string of the molecule is CCN1CC(C(=O)N2CCCC(C(=O)O)C2)CC1=O. The van der Waals surface area contributed by atoms with Crippen LogP contribution in [0.2, 0.25) is 0 Å². The zero-order valence-corrected chi connectivity index (χ0v) is 11.2. The molecule has 1 N–H and O–H groups in total. The maximum Gasteiger partial charge on any atom is 0.308 e. The van der Waals surface area contributed by atoms with E-state index in [1.807, 2.05) is 6.92 Å². The highest BCUT2D eigenvalue weighted by molar-refractivity contribution is 5.89. The predicted molar refractivity (Wildman–Crippen MR) is 67.3 cm³/mol. The van der Waals surface area contributed by atoms with Crippen LogP contribution >= 0.6 is 0 Å². The summed E-state index contributed by atoms with van der Waals surface area (Å²) in [7, 11) is 0. The molecule has 0 radical (unpaired) electrons. The van der Waals surface area contributed by atoms with Crippen LogP contribution in [0.1, 0.15) is 26.2 Å². The van der Waals surface area contributed by atoms with Gasteiger partial charge in [0.15, 0.2) is 0 Å². The second-order valence-electron chi connectivity index (χ2n) is 5.30. The van der Waals surface area contributed by atoms with Gasteiger partial charge in [-0.3, -0.25) is 14.4 Å². The molecular formula is C13H20N2O4. The van der Waals surface area contributed by atoms with E-state index in [0.29, 0.717) is 26.1 Å². The van der Waals surface area contributed by atoms with Crippen molar-refractivity contribution in [1.82, 2.24) is 9.80 Å². The van der Waals surface area contributed by atoms with Crippen LogP contribution in [0.15, 0.2) is 0 Å². The summed E-state index contributed by atoms with van der Waals surface area (Å²) in [4.78, 5) is 38.3. The second kappa shape index (κ2) is 5.59. The number of carbonyl (C=O) groups is 3. The first-order valence-corrected chi connectivity index (χ1v) is 6.82. The Balaban J connectivity index is 1.96. The largest absolute Gasteiger partial charge is 0.481 e. The molecule has 2 amide bonds. The Labute approximate surface area is 112 Å². The molecule has 2 atom stereocenters. The van der Waals surface area contributed by atoms with Crippen LogP contribution in [0.25, 0.3) is 0 Å². The number of carbonyl (C=O) groups excluding carboxylic acids is 2. The predicted octanol–water partition coefficient (Wildman–Crippen LogP) is 0.178. The van der Waals surface area contributed by atoms with Crippen molar-refractivity contribution in [2.45, 2.75) is 26.2 Å². The van der Waals surface area contributed by atoms with Crippen LogP contribution in [-0.4, -0.2) is 58.9 Å². The molecule has 0 aliphatic carbocycles. The van der Waals surface area contributed by atoms with Gasteiger partial charge >= 0.3 is 5.97 Å². The number of carboxylic acids is 1. The summed E-state index contributed by atoms with van der Waals surface area (Å²) < 4.78 is 0. The molecule has 0 aromatic heterocycles. The number of likely N-dealkylation sites (tertiary alicyclic amines) is 2. The Kier molecular flexibility index (Phi) is 4.07. The average Bonchev–Trinajstić information content (AvgIpc) is 2.79. The van der Waals surface area contributed by atoms with Gasteiger partial charge in [-0.1, -0.05) is 0 Å². The van der Waals surface area contributed by atoms with E-state index in [9.17, 15) is 14.4 Å². The third-order valence-corrected chi connectivity index (χ3v) is 4.03. The molecule has 2 saturated heterocycles. The molecule has 0 aromatic rings. The first-order valence-electron chi connectivity index (χ1n) is 6.82. The minimum Gasteiger partial charge on any atom is -0.481 e. The number of piperidine rings is 1. The monoisotopic (exact) mass is 268 g/mol. The summed E-state index contributed by atoms with van der Waals surface area (Å²) in [5.74, 6) is -1.63. The molecule has 106 valence electrons. The number of hydrogen-bond donors (Lipinski definition) is 1. The number of rotatable bonds is 3. The maximum atomic E-state index is 12.3. The lowest BCUT2D eigenvalue weighted by Crippen LogP contribution is -2.45. The van der Waals surface area contributed by atoms with Gasteiger partial charge in [0.25, 0.3) is 0 Å². The molecule has 2 aliphatic rings. The van der Waals surface area contributed by atoms with Crippen molar-refractivity contribution in [2.24, 2.45) is 11.8 Å². The average molecular weight is 268 g/mol. The number of nitrogens with zero attached hydrogens (tertiary/aromatic N) is 2. The third kappa shape index (κ3) is 2.88. The topological polar surface area (TPSA) is 77.9 Å². The van der Waals surface area contributed by atoms with Gasteiger partial charge in [0.1, 0.15) is 0 Å². The van der Waals surface area contributed by atoms with Crippen molar-refractivity contribution in [3.63, 3.8) is 0 Å². The van der Waals surface area contributed by atoms with Crippen LogP contribution in [-0.2, 0) is 14.4 Å². The standard InChI is InChI=1S/C13H20N2O4/c1-2-14-8-10(6-11(14)16)12(17)15-5-3-4-9(7-15)13(18)19/h9-10H,2-8H2,1H3,(H,18,19). The molecule has 0 bridgehead atoms. The third-order valence-electron chi connectivity index (χ3n) is 4.03. The number of aliphatic carboxylic acids is 1. The van der Waals surface area contributed by atoms with Gasteiger partial charge in [-0.05, 0) is 19.8 Å². The summed E-state index contributed by atoms with van der Waals surface area (Å²) in [5.41, 5.74) is 0. The fraction of sp³-hybridized carbons (Fsp3) is 0.769. The Morgan fingerprint density at radius 1 is 1.32 bits per heavy atom.